The number of hydrogen-bond acceptors (Lipinski definition) is 6. The number of hydrogen-bond donors (Lipinski definition) is 0. The molecule has 0 aromatic heterocycles. The van der Waals surface area contributed by atoms with E-state index in [4.69, 9.17) is 14.2 Å². The fraction of sp³-hybridized carbons (Fsp3) is 0.868. The van der Waals surface area contributed by atoms with Gasteiger partial charge < -0.3 is 14.2 Å². The van der Waals surface area contributed by atoms with Crippen molar-refractivity contribution in [3.63, 3.8) is 0 Å². The molecule has 0 heterocycles. The van der Waals surface area contributed by atoms with Gasteiger partial charge in [0.15, 0.2) is 6.10 Å². The van der Waals surface area contributed by atoms with E-state index in [-0.39, 0.29) is 31.1 Å². The summed E-state index contributed by atoms with van der Waals surface area (Å²) in [5, 5.41) is 0. The second-order valence-electron chi connectivity index (χ2n) is 17.4. The Balaban J connectivity index is 4.37. The third-order valence-electron chi connectivity index (χ3n) is 11.4. The van der Waals surface area contributed by atoms with Crippen LogP contribution in [0.1, 0.15) is 278 Å². The molecule has 0 saturated heterocycles. The largest absolute Gasteiger partial charge is 0.462 e. The molecular formula is C53H98O6. The van der Waals surface area contributed by atoms with Gasteiger partial charge in [-0.15, -0.1) is 0 Å². The smallest absolute Gasteiger partial charge is 0.306 e. The first-order chi connectivity index (χ1) is 29.0. The van der Waals surface area contributed by atoms with Crippen molar-refractivity contribution in [1.29, 1.82) is 0 Å². The number of ether oxygens (including phenoxy) is 3. The van der Waals surface area contributed by atoms with Gasteiger partial charge in [0.05, 0.1) is 0 Å². The molecule has 0 amide bonds. The topological polar surface area (TPSA) is 78.9 Å². The molecule has 0 bridgehead atoms. The zero-order chi connectivity index (χ0) is 43.0. The van der Waals surface area contributed by atoms with Gasteiger partial charge in [0, 0.05) is 19.3 Å². The lowest BCUT2D eigenvalue weighted by molar-refractivity contribution is -0.167. The molecule has 0 N–H and O–H groups in total. The summed E-state index contributed by atoms with van der Waals surface area (Å²) in [6.07, 6.45) is 54.4. The molecule has 346 valence electrons. The van der Waals surface area contributed by atoms with Gasteiger partial charge in [-0.1, -0.05) is 212 Å². The summed E-state index contributed by atoms with van der Waals surface area (Å²) in [4.78, 5) is 37.9. The van der Waals surface area contributed by atoms with E-state index < -0.39 is 6.10 Å². The molecule has 59 heavy (non-hydrogen) atoms. The van der Waals surface area contributed by atoms with Crippen molar-refractivity contribution in [2.24, 2.45) is 0 Å². The minimum absolute atomic E-state index is 0.0736. The quantitative estimate of drug-likeness (QED) is 0.0263. The van der Waals surface area contributed by atoms with Gasteiger partial charge in [-0.2, -0.15) is 0 Å². The van der Waals surface area contributed by atoms with Crippen LogP contribution in [0.2, 0.25) is 0 Å². The minimum atomic E-state index is -0.773. The number of unbranched alkanes of at least 4 members (excludes halogenated alkanes) is 32. The van der Waals surface area contributed by atoms with Gasteiger partial charge in [-0.25, -0.2) is 0 Å². The first-order valence-electron chi connectivity index (χ1n) is 25.8. The summed E-state index contributed by atoms with van der Waals surface area (Å²) in [5.74, 6) is -0.880. The Hall–Kier alpha value is -2.11. The molecule has 0 rings (SSSR count). The van der Waals surface area contributed by atoms with E-state index in [1.165, 1.54) is 167 Å². The lowest BCUT2D eigenvalue weighted by Gasteiger charge is -2.18. The van der Waals surface area contributed by atoms with Crippen molar-refractivity contribution in [3.8, 4) is 0 Å². The number of rotatable bonds is 47. The summed E-state index contributed by atoms with van der Waals surface area (Å²) < 4.78 is 16.8. The van der Waals surface area contributed by atoms with Crippen LogP contribution in [-0.4, -0.2) is 37.2 Å². The zero-order valence-corrected chi connectivity index (χ0v) is 39.5. The van der Waals surface area contributed by atoms with Gasteiger partial charge in [0.25, 0.3) is 0 Å². The average molecular weight is 831 g/mol. The van der Waals surface area contributed by atoms with E-state index in [2.05, 4.69) is 45.1 Å². The highest BCUT2D eigenvalue weighted by atomic mass is 16.6. The Kier molecular flexibility index (Phi) is 46.8. The molecule has 0 saturated carbocycles. The number of allylic oxidation sites excluding steroid dienone is 4. The molecule has 1 atom stereocenters. The lowest BCUT2D eigenvalue weighted by Crippen LogP contribution is -2.30. The van der Waals surface area contributed by atoms with Crippen molar-refractivity contribution in [1.82, 2.24) is 0 Å². The van der Waals surface area contributed by atoms with Crippen molar-refractivity contribution in [3.05, 3.63) is 24.3 Å². The highest BCUT2D eigenvalue weighted by Gasteiger charge is 2.19. The molecule has 0 aliphatic carbocycles. The summed E-state index contributed by atoms with van der Waals surface area (Å²) >= 11 is 0. The summed E-state index contributed by atoms with van der Waals surface area (Å²) in [5.41, 5.74) is 0. The molecule has 0 aromatic carbocycles. The van der Waals surface area contributed by atoms with Gasteiger partial charge in [0.1, 0.15) is 13.2 Å². The molecule has 0 spiro atoms. The second kappa shape index (κ2) is 48.6. The van der Waals surface area contributed by atoms with Gasteiger partial charge in [-0.3, -0.25) is 14.4 Å². The predicted molar refractivity (Wildman–Crippen MR) is 252 cm³/mol. The van der Waals surface area contributed by atoms with Crippen LogP contribution in [0.5, 0.6) is 0 Å². The predicted octanol–water partition coefficient (Wildman–Crippen LogP) is 16.8. The summed E-state index contributed by atoms with van der Waals surface area (Å²) in [6.45, 7) is 6.63. The normalized spacial score (nSPS) is 12.1. The third-order valence-corrected chi connectivity index (χ3v) is 11.4. The van der Waals surface area contributed by atoms with Crippen molar-refractivity contribution in [2.75, 3.05) is 13.2 Å². The van der Waals surface area contributed by atoms with Crippen LogP contribution in [0.3, 0.4) is 0 Å². The third kappa shape index (κ3) is 46.8. The average Bonchev–Trinajstić information content (AvgIpc) is 3.23. The fourth-order valence-electron chi connectivity index (χ4n) is 7.49. The molecular weight excluding hydrogens is 733 g/mol. The molecule has 0 fully saturated rings. The van der Waals surface area contributed by atoms with E-state index in [0.29, 0.717) is 19.3 Å². The monoisotopic (exact) mass is 831 g/mol. The van der Waals surface area contributed by atoms with Crippen molar-refractivity contribution < 1.29 is 28.6 Å². The molecule has 0 aliphatic heterocycles. The number of carbonyl (C=O) groups excluding carboxylic acids is 3. The van der Waals surface area contributed by atoms with Crippen LogP contribution < -0.4 is 0 Å². The summed E-state index contributed by atoms with van der Waals surface area (Å²) in [7, 11) is 0. The maximum absolute atomic E-state index is 12.8. The van der Waals surface area contributed by atoms with Crippen molar-refractivity contribution in [2.45, 2.75) is 284 Å². The zero-order valence-electron chi connectivity index (χ0n) is 39.5. The second-order valence-corrected chi connectivity index (χ2v) is 17.4. The van der Waals surface area contributed by atoms with Gasteiger partial charge in [0.2, 0.25) is 0 Å². The van der Waals surface area contributed by atoms with Crippen LogP contribution in [0.4, 0.5) is 0 Å². The van der Waals surface area contributed by atoms with E-state index in [1.54, 1.807) is 0 Å². The van der Waals surface area contributed by atoms with E-state index >= 15 is 0 Å². The number of carbonyl (C=O) groups is 3. The minimum Gasteiger partial charge on any atom is -0.462 e. The van der Waals surface area contributed by atoms with Crippen LogP contribution >= 0.6 is 0 Å². The Labute approximate surface area is 366 Å². The van der Waals surface area contributed by atoms with E-state index in [0.717, 1.165) is 70.6 Å². The maximum Gasteiger partial charge on any atom is 0.306 e. The van der Waals surface area contributed by atoms with Crippen molar-refractivity contribution >= 4 is 17.9 Å². The molecule has 6 nitrogen and oxygen atoms in total. The Morgan fingerprint density at radius 1 is 0.322 bits per heavy atom. The maximum atomic E-state index is 12.8. The van der Waals surface area contributed by atoms with E-state index in [1.807, 2.05) is 0 Å². The Bertz CT molecular complexity index is 958. The van der Waals surface area contributed by atoms with Gasteiger partial charge >= 0.3 is 17.9 Å². The standard InChI is InChI=1S/C53H98O6/c1-4-7-10-13-16-19-22-25-27-29-31-34-37-40-43-46-52(55)58-49-50(48-57-51(54)45-42-39-36-33-30-24-21-18-15-12-9-6-3)59-53(56)47-44-41-38-35-32-28-26-23-20-17-14-11-8-5-2/h23,25-27,50H,4-22,24,28-49H2,1-3H3/b26-23-,27-25-. The Morgan fingerprint density at radius 3 is 0.847 bits per heavy atom. The number of esters is 3. The highest BCUT2D eigenvalue weighted by Crippen LogP contribution is 2.15. The first-order valence-corrected chi connectivity index (χ1v) is 25.8. The SMILES string of the molecule is CCCCCCC/C=C\CCCCCCCC(=O)OC(COC(=O)CCCCCCC/C=C\CCCCCCCC)COC(=O)CCCCCCCCCCCCCC. The highest BCUT2D eigenvalue weighted by molar-refractivity contribution is 5.71. The molecule has 0 aliphatic rings. The molecule has 1 unspecified atom stereocenters. The lowest BCUT2D eigenvalue weighted by atomic mass is 10.0. The molecule has 0 radical (unpaired) electrons. The molecule has 0 aromatic rings. The van der Waals surface area contributed by atoms with Crippen LogP contribution in [0.15, 0.2) is 24.3 Å². The van der Waals surface area contributed by atoms with Crippen LogP contribution in [0.25, 0.3) is 0 Å². The molecule has 6 heteroatoms. The van der Waals surface area contributed by atoms with Gasteiger partial charge in [-0.05, 0) is 70.6 Å². The fourth-order valence-corrected chi connectivity index (χ4v) is 7.49. The Morgan fingerprint density at radius 2 is 0.559 bits per heavy atom. The van der Waals surface area contributed by atoms with E-state index in [9.17, 15) is 14.4 Å². The first kappa shape index (κ1) is 56.9. The van der Waals surface area contributed by atoms with Crippen LogP contribution in [0, 0.1) is 0 Å². The summed E-state index contributed by atoms with van der Waals surface area (Å²) in [6, 6.07) is 0. The van der Waals surface area contributed by atoms with Crippen LogP contribution in [-0.2, 0) is 28.6 Å².